The number of unbranched alkanes of at least 4 members (excludes halogenated alkanes) is 23. The first-order valence-corrected chi connectivity index (χ1v) is 24.5. The van der Waals surface area contributed by atoms with Gasteiger partial charge in [0.1, 0.15) is 30.5 Å². The van der Waals surface area contributed by atoms with Crippen molar-refractivity contribution in [3.8, 4) is 0 Å². The van der Waals surface area contributed by atoms with E-state index >= 15 is 0 Å². The number of carbonyl (C=O) groups is 1. The summed E-state index contributed by atoms with van der Waals surface area (Å²) >= 11 is 0. The molecule has 1 aliphatic heterocycles. The van der Waals surface area contributed by atoms with Gasteiger partial charge in [0.15, 0.2) is 6.29 Å². The van der Waals surface area contributed by atoms with E-state index < -0.39 is 59.8 Å². The fourth-order valence-electron chi connectivity index (χ4n) is 7.06. The van der Waals surface area contributed by atoms with Crippen LogP contribution in [0.15, 0.2) is 24.3 Å². The number of aliphatic hydroxyl groups is 3. The molecule has 0 amide bonds. The van der Waals surface area contributed by atoms with Crippen molar-refractivity contribution >= 4 is 16.4 Å². The van der Waals surface area contributed by atoms with E-state index in [-0.39, 0.29) is 19.6 Å². The number of rotatable bonds is 40. The van der Waals surface area contributed by atoms with Gasteiger partial charge in [-0.15, -0.1) is 0 Å². The van der Waals surface area contributed by atoms with E-state index in [1.54, 1.807) is 0 Å². The minimum Gasteiger partial charge on any atom is -0.457 e. The zero-order valence-electron chi connectivity index (χ0n) is 36.4. The molecule has 0 bridgehead atoms. The molecular formula is C45H84O12S. The molecule has 0 aromatic rings. The van der Waals surface area contributed by atoms with Crippen molar-refractivity contribution in [2.45, 2.75) is 230 Å². The second kappa shape index (κ2) is 37.4. The molecule has 0 aliphatic carbocycles. The first-order chi connectivity index (χ1) is 28.1. The first-order valence-electron chi connectivity index (χ1n) is 23.1. The Labute approximate surface area is 352 Å². The van der Waals surface area contributed by atoms with E-state index in [4.69, 9.17) is 23.5 Å². The Hall–Kier alpha value is -1.42. The molecule has 0 aromatic carbocycles. The monoisotopic (exact) mass is 849 g/mol. The van der Waals surface area contributed by atoms with Crippen LogP contribution in [0.4, 0.5) is 0 Å². The molecule has 1 fully saturated rings. The Morgan fingerprint density at radius 3 is 1.66 bits per heavy atom. The van der Waals surface area contributed by atoms with E-state index in [2.05, 4.69) is 42.3 Å². The molecule has 0 aromatic heterocycles. The SMILES string of the molecule is CCCCCC/C=C\C/C=C\CCCCCCCCOCC(COC1OC(CO)C(O)C(OS(=O)(=O)O)C1O)OC(=O)CCCCCCCCCCCCCCCC. The van der Waals surface area contributed by atoms with E-state index in [9.17, 15) is 28.5 Å². The zero-order chi connectivity index (χ0) is 42.5. The lowest BCUT2D eigenvalue weighted by Crippen LogP contribution is -2.60. The zero-order valence-corrected chi connectivity index (χ0v) is 37.2. The highest BCUT2D eigenvalue weighted by molar-refractivity contribution is 7.80. The van der Waals surface area contributed by atoms with Gasteiger partial charge < -0.3 is 34.3 Å². The maximum atomic E-state index is 12.8. The summed E-state index contributed by atoms with van der Waals surface area (Å²) in [6.45, 7) is 3.96. The van der Waals surface area contributed by atoms with Gasteiger partial charge in [0, 0.05) is 13.0 Å². The molecule has 4 N–H and O–H groups in total. The molecule has 13 heteroatoms. The predicted molar refractivity (Wildman–Crippen MR) is 230 cm³/mol. The highest BCUT2D eigenvalue weighted by atomic mass is 32.3. The number of aliphatic hydroxyl groups excluding tert-OH is 3. The summed E-state index contributed by atoms with van der Waals surface area (Å²) in [7, 11) is -5.06. The summed E-state index contributed by atoms with van der Waals surface area (Å²) in [6.07, 6.45) is 32.0. The Morgan fingerprint density at radius 2 is 1.14 bits per heavy atom. The number of ether oxygens (including phenoxy) is 4. The van der Waals surface area contributed by atoms with Crippen LogP contribution in [0.2, 0.25) is 0 Å². The molecular weight excluding hydrogens is 765 g/mol. The topological polar surface area (TPSA) is 178 Å². The van der Waals surface area contributed by atoms with Crippen LogP contribution in [0.1, 0.15) is 194 Å². The van der Waals surface area contributed by atoms with E-state index in [0.717, 1.165) is 57.8 Å². The minimum atomic E-state index is -5.06. The van der Waals surface area contributed by atoms with E-state index in [1.165, 1.54) is 109 Å². The van der Waals surface area contributed by atoms with Crippen molar-refractivity contribution in [1.82, 2.24) is 0 Å². The van der Waals surface area contributed by atoms with Gasteiger partial charge in [0.25, 0.3) is 0 Å². The van der Waals surface area contributed by atoms with Gasteiger partial charge in [-0.05, 0) is 44.9 Å². The van der Waals surface area contributed by atoms with Crippen LogP contribution < -0.4 is 0 Å². The molecule has 1 rings (SSSR count). The number of allylic oxidation sites excluding steroid dienone is 4. The lowest BCUT2D eigenvalue weighted by Gasteiger charge is -2.41. The van der Waals surface area contributed by atoms with Crippen molar-refractivity contribution in [3.05, 3.63) is 24.3 Å². The molecule has 1 heterocycles. The van der Waals surface area contributed by atoms with Gasteiger partial charge >= 0.3 is 16.4 Å². The van der Waals surface area contributed by atoms with Crippen LogP contribution in [-0.2, 0) is 38.3 Å². The molecule has 12 nitrogen and oxygen atoms in total. The smallest absolute Gasteiger partial charge is 0.397 e. The van der Waals surface area contributed by atoms with Gasteiger partial charge in [-0.3, -0.25) is 9.35 Å². The van der Waals surface area contributed by atoms with Crippen LogP contribution in [0.3, 0.4) is 0 Å². The van der Waals surface area contributed by atoms with Gasteiger partial charge in [-0.25, -0.2) is 4.18 Å². The van der Waals surface area contributed by atoms with E-state index in [1.807, 2.05) is 0 Å². The van der Waals surface area contributed by atoms with Crippen LogP contribution in [-0.4, -0.2) is 97.5 Å². The van der Waals surface area contributed by atoms with Crippen LogP contribution in [0.5, 0.6) is 0 Å². The third-order valence-corrected chi connectivity index (χ3v) is 11.0. The molecule has 0 spiro atoms. The molecule has 1 aliphatic rings. The first kappa shape index (κ1) is 54.6. The lowest BCUT2D eigenvalue weighted by molar-refractivity contribution is -0.301. The molecule has 6 unspecified atom stereocenters. The molecule has 6 atom stereocenters. The normalized spacial score (nSPS) is 20.7. The fourth-order valence-corrected chi connectivity index (χ4v) is 7.56. The fraction of sp³-hybridized carbons (Fsp3) is 0.889. The molecule has 342 valence electrons. The number of hydrogen-bond donors (Lipinski definition) is 4. The maximum absolute atomic E-state index is 12.8. The minimum absolute atomic E-state index is 0.0324. The second-order valence-electron chi connectivity index (χ2n) is 16.0. The van der Waals surface area contributed by atoms with E-state index in [0.29, 0.717) is 13.0 Å². The number of esters is 1. The Bertz CT molecular complexity index is 1120. The Balaban J connectivity index is 2.42. The van der Waals surface area contributed by atoms with Crippen molar-refractivity contribution in [3.63, 3.8) is 0 Å². The summed E-state index contributed by atoms with van der Waals surface area (Å²) in [4.78, 5) is 12.8. The van der Waals surface area contributed by atoms with Crippen LogP contribution in [0, 0.1) is 0 Å². The average molecular weight is 849 g/mol. The summed E-state index contributed by atoms with van der Waals surface area (Å²) in [5, 5.41) is 30.7. The lowest BCUT2D eigenvalue weighted by atomic mass is 9.99. The summed E-state index contributed by atoms with van der Waals surface area (Å²) < 4.78 is 59.0. The third kappa shape index (κ3) is 30.6. The predicted octanol–water partition coefficient (Wildman–Crippen LogP) is 9.63. The highest BCUT2D eigenvalue weighted by Gasteiger charge is 2.48. The van der Waals surface area contributed by atoms with Crippen LogP contribution >= 0.6 is 0 Å². The third-order valence-electron chi connectivity index (χ3n) is 10.6. The van der Waals surface area contributed by atoms with Gasteiger partial charge in [-0.2, -0.15) is 8.42 Å². The molecule has 0 saturated carbocycles. The van der Waals surface area contributed by atoms with Gasteiger partial charge in [0.2, 0.25) is 0 Å². The largest absolute Gasteiger partial charge is 0.457 e. The Kier molecular flexibility index (Phi) is 35.2. The maximum Gasteiger partial charge on any atom is 0.397 e. The highest BCUT2D eigenvalue weighted by Crippen LogP contribution is 2.26. The number of carbonyl (C=O) groups excluding carboxylic acids is 1. The molecule has 58 heavy (non-hydrogen) atoms. The number of hydrogen-bond acceptors (Lipinski definition) is 11. The molecule has 1 saturated heterocycles. The second-order valence-corrected chi connectivity index (χ2v) is 17.0. The average Bonchev–Trinajstić information content (AvgIpc) is 3.19. The standard InChI is InChI=1S/C45H84O12S/c1-3-5-7-9-11-13-15-17-19-20-21-23-25-27-29-31-33-35-53-37-39(38-54-45-43(49)44(57-58(50,51)52)42(48)40(36-46)56-45)55-41(47)34-32-30-28-26-24-22-18-16-14-12-10-8-6-4-2/h13,15,19-20,39-40,42-46,48-49H,3-12,14,16-18,21-38H2,1-2H3,(H,50,51,52)/b15-13-,20-19-. The van der Waals surface area contributed by atoms with Crippen molar-refractivity contribution < 1.29 is 56.2 Å². The summed E-state index contributed by atoms with van der Waals surface area (Å²) in [6, 6.07) is 0. The van der Waals surface area contributed by atoms with Crippen molar-refractivity contribution in [2.75, 3.05) is 26.4 Å². The van der Waals surface area contributed by atoms with Crippen molar-refractivity contribution in [2.24, 2.45) is 0 Å². The van der Waals surface area contributed by atoms with Crippen LogP contribution in [0.25, 0.3) is 0 Å². The quantitative estimate of drug-likeness (QED) is 0.0199. The summed E-state index contributed by atoms with van der Waals surface area (Å²) in [5.41, 5.74) is 0. The molecule has 0 radical (unpaired) electrons. The van der Waals surface area contributed by atoms with Gasteiger partial charge in [-0.1, -0.05) is 167 Å². The van der Waals surface area contributed by atoms with Gasteiger partial charge in [0.05, 0.1) is 19.8 Å². The summed E-state index contributed by atoms with van der Waals surface area (Å²) in [5.74, 6) is -0.401. The Morgan fingerprint density at radius 1 is 0.655 bits per heavy atom. The van der Waals surface area contributed by atoms with Crippen molar-refractivity contribution in [1.29, 1.82) is 0 Å².